The second-order valence-electron chi connectivity index (χ2n) is 7.37. The van der Waals surface area contributed by atoms with Gasteiger partial charge in [-0.15, -0.1) is 0 Å². The fraction of sp³-hybridized carbons (Fsp3) is 0.611. The van der Waals surface area contributed by atoms with Crippen molar-refractivity contribution < 1.29 is 4.79 Å². The van der Waals surface area contributed by atoms with Crippen LogP contribution in [0.15, 0.2) is 18.3 Å². The van der Waals surface area contributed by atoms with E-state index in [-0.39, 0.29) is 17.4 Å². The van der Waals surface area contributed by atoms with E-state index in [0.29, 0.717) is 6.42 Å². The highest BCUT2D eigenvalue weighted by atomic mass is 16.2. The Morgan fingerprint density at radius 2 is 2.13 bits per heavy atom. The second-order valence-corrected chi connectivity index (χ2v) is 7.37. The molecule has 2 aromatic rings. The van der Waals surface area contributed by atoms with Crippen LogP contribution >= 0.6 is 0 Å². The topological polar surface area (TPSA) is 50.5 Å². The predicted octanol–water partition coefficient (Wildman–Crippen LogP) is 3.49. The minimum absolute atomic E-state index is 0.0174. The molecule has 1 aliphatic rings. The number of amides is 1. The molecular formula is C18H26N4O. The average molecular weight is 314 g/mol. The smallest absolute Gasteiger partial charge is 0.222 e. The average Bonchev–Trinajstić information content (AvgIpc) is 2.98. The van der Waals surface area contributed by atoms with Crippen molar-refractivity contribution in [3.05, 3.63) is 29.7 Å². The van der Waals surface area contributed by atoms with E-state index < -0.39 is 0 Å². The van der Waals surface area contributed by atoms with Crippen LogP contribution in [0.25, 0.3) is 5.65 Å². The van der Waals surface area contributed by atoms with Crippen molar-refractivity contribution in [3.8, 4) is 0 Å². The van der Waals surface area contributed by atoms with E-state index in [4.69, 9.17) is 5.10 Å². The molecule has 0 N–H and O–H groups in total. The van der Waals surface area contributed by atoms with Gasteiger partial charge in [0.2, 0.25) is 5.91 Å². The van der Waals surface area contributed by atoms with Gasteiger partial charge in [0.1, 0.15) is 0 Å². The zero-order valence-corrected chi connectivity index (χ0v) is 14.5. The van der Waals surface area contributed by atoms with E-state index in [1.165, 1.54) is 0 Å². The highest BCUT2D eigenvalue weighted by molar-refractivity contribution is 5.76. The number of rotatable bonds is 2. The molecule has 0 aliphatic carbocycles. The highest BCUT2D eigenvalue weighted by Gasteiger charge is 2.29. The number of carbonyl (C=O) groups excluding carboxylic acids is 1. The van der Waals surface area contributed by atoms with Crippen LogP contribution < -0.4 is 0 Å². The first-order valence-electron chi connectivity index (χ1n) is 8.56. The van der Waals surface area contributed by atoms with Gasteiger partial charge in [-0.2, -0.15) is 5.10 Å². The van der Waals surface area contributed by atoms with Crippen LogP contribution in [0, 0.1) is 0 Å². The Bertz CT molecular complexity index is 713. The number of likely N-dealkylation sites (tertiary alicyclic amines) is 1. The van der Waals surface area contributed by atoms with E-state index in [1.54, 1.807) is 0 Å². The number of piperidine rings is 1. The third-order valence-electron chi connectivity index (χ3n) is 4.62. The Labute approximate surface area is 137 Å². The molecule has 0 radical (unpaired) electrons. The molecule has 1 atom stereocenters. The van der Waals surface area contributed by atoms with E-state index in [0.717, 1.165) is 42.8 Å². The normalized spacial score (nSPS) is 19.3. The zero-order chi connectivity index (χ0) is 16.6. The summed E-state index contributed by atoms with van der Waals surface area (Å²) >= 11 is 0. The van der Waals surface area contributed by atoms with Gasteiger partial charge in [-0.1, -0.05) is 27.7 Å². The van der Waals surface area contributed by atoms with Crippen molar-refractivity contribution in [2.24, 2.45) is 0 Å². The molecular weight excluding hydrogens is 288 g/mol. The molecule has 5 nitrogen and oxygen atoms in total. The molecule has 124 valence electrons. The second kappa shape index (κ2) is 5.95. The molecule has 1 saturated heterocycles. The standard InChI is InChI=1S/C18H26N4O/c1-5-17(23)21-11-7-6-8-13(21)14-9-10-19-16-12-15(18(2,3)4)20-22(14)16/h9-10,12-13H,5-8,11H2,1-4H3/t13-/m0/s1. The van der Waals surface area contributed by atoms with Gasteiger partial charge in [0.05, 0.1) is 17.4 Å². The van der Waals surface area contributed by atoms with E-state index in [9.17, 15) is 4.79 Å². The van der Waals surface area contributed by atoms with Gasteiger partial charge in [-0.05, 0) is 25.3 Å². The van der Waals surface area contributed by atoms with Crippen molar-refractivity contribution in [1.82, 2.24) is 19.5 Å². The summed E-state index contributed by atoms with van der Waals surface area (Å²) in [6.07, 6.45) is 5.62. The molecule has 1 aliphatic heterocycles. The summed E-state index contributed by atoms with van der Waals surface area (Å²) in [5.41, 5.74) is 2.95. The lowest BCUT2D eigenvalue weighted by Crippen LogP contribution is -2.39. The lowest BCUT2D eigenvalue weighted by Gasteiger charge is -2.35. The van der Waals surface area contributed by atoms with Crippen LogP contribution in [0.5, 0.6) is 0 Å². The summed E-state index contributed by atoms with van der Waals surface area (Å²) in [7, 11) is 0. The quantitative estimate of drug-likeness (QED) is 0.852. The van der Waals surface area contributed by atoms with Gasteiger partial charge in [0.25, 0.3) is 0 Å². The molecule has 5 heteroatoms. The minimum atomic E-state index is -0.0174. The summed E-state index contributed by atoms with van der Waals surface area (Å²) in [5, 5.41) is 4.79. The van der Waals surface area contributed by atoms with E-state index in [1.807, 2.05) is 28.6 Å². The van der Waals surface area contributed by atoms with Gasteiger partial charge in [-0.3, -0.25) is 4.79 Å². The number of carbonyl (C=O) groups is 1. The first-order valence-corrected chi connectivity index (χ1v) is 8.56. The third kappa shape index (κ3) is 2.96. The molecule has 2 aromatic heterocycles. The Balaban J connectivity index is 2.07. The number of nitrogens with zero attached hydrogens (tertiary/aromatic N) is 4. The third-order valence-corrected chi connectivity index (χ3v) is 4.62. The maximum absolute atomic E-state index is 12.3. The van der Waals surface area contributed by atoms with Crippen LogP contribution in [0.2, 0.25) is 0 Å². The first-order chi connectivity index (χ1) is 10.9. The molecule has 0 bridgehead atoms. The molecule has 23 heavy (non-hydrogen) atoms. The number of hydrogen-bond acceptors (Lipinski definition) is 3. The van der Waals surface area contributed by atoms with Crippen molar-refractivity contribution in [1.29, 1.82) is 0 Å². The summed E-state index contributed by atoms with van der Waals surface area (Å²) in [6.45, 7) is 9.24. The Kier molecular flexibility index (Phi) is 4.13. The lowest BCUT2D eigenvalue weighted by atomic mass is 9.93. The van der Waals surface area contributed by atoms with Gasteiger partial charge in [0, 0.05) is 30.6 Å². The molecule has 1 fully saturated rings. The summed E-state index contributed by atoms with van der Waals surface area (Å²) in [6, 6.07) is 4.17. The number of hydrogen-bond donors (Lipinski definition) is 0. The van der Waals surface area contributed by atoms with Gasteiger partial charge in [0.15, 0.2) is 5.65 Å². The summed E-state index contributed by atoms with van der Waals surface area (Å²) in [5.74, 6) is 0.225. The molecule has 0 saturated carbocycles. The monoisotopic (exact) mass is 314 g/mol. The maximum Gasteiger partial charge on any atom is 0.222 e. The van der Waals surface area contributed by atoms with Crippen molar-refractivity contribution in [2.75, 3.05) is 6.54 Å². The van der Waals surface area contributed by atoms with Crippen molar-refractivity contribution >= 4 is 11.6 Å². The fourth-order valence-electron chi connectivity index (χ4n) is 3.27. The first kappa shape index (κ1) is 16.0. The Morgan fingerprint density at radius 3 is 2.83 bits per heavy atom. The van der Waals surface area contributed by atoms with Crippen LogP contribution in [0.4, 0.5) is 0 Å². The maximum atomic E-state index is 12.3. The molecule has 0 aromatic carbocycles. The Morgan fingerprint density at radius 1 is 1.35 bits per heavy atom. The van der Waals surface area contributed by atoms with Crippen LogP contribution in [0.3, 0.4) is 0 Å². The molecule has 0 unspecified atom stereocenters. The molecule has 0 spiro atoms. The van der Waals surface area contributed by atoms with Crippen molar-refractivity contribution in [3.63, 3.8) is 0 Å². The molecule has 3 rings (SSSR count). The lowest BCUT2D eigenvalue weighted by molar-refractivity contribution is -0.134. The van der Waals surface area contributed by atoms with Gasteiger partial charge < -0.3 is 4.90 Å². The molecule has 3 heterocycles. The molecule has 1 amide bonds. The number of aromatic nitrogens is 3. The Hall–Kier alpha value is -1.91. The predicted molar refractivity (Wildman–Crippen MR) is 90.3 cm³/mol. The van der Waals surface area contributed by atoms with Crippen LogP contribution in [-0.2, 0) is 10.2 Å². The summed E-state index contributed by atoms with van der Waals surface area (Å²) in [4.78, 5) is 18.8. The SMILES string of the molecule is CCC(=O)N1CCCC[C@H]1c1ccnc2cc(C(C)(C)C)nn12. The zero-order valence-electron chi connectivity index (χ0n) is 14.5. The highest BCUT2D eigenvalue weighted by Crippen LogP contribution is 2.32. The van der Waals surface area contributed by atoms with Crippen molar-refractivity contribution in [2.45, 2.75) is 64.8 Å². The van der Waals surface area contributed by atoms with Crippen LogP contribution in [-0.4, -0.2) is 31.9 Å². The number of fused-ring (bicyclic) bond motifs is 1. The summed E-state index contributed by atoms with van der Waals surface area (Å²) < 4.78 is 1.94. The minimum Gasteiger partial charge on any atom is -0.334 e. The van der Waals surface area contributed by atoms with Gasteiger partial charge >= 0.3 is 0 Å². The largest absolute Gasteiger partial charge is 0.334 e. The van der Waals surface area contributed by atoms with E-state index in [2.05, 4.69) is 31.8 Å². The van der Waals surface area contributed by atoms with E-state index >= 15 is 0 Å². The fourth-order valence-corrected chi connectivity index (χ4v) is 3.27. The van der Waals surface area contributed by atoms with Gasteiger partial charge in [-0.25, -0.2) is 9.50 Å². The van der Waals surface area contributed by atoms with Crippen LogP contribution in [0.1, 0.15) is 70.8 Å².